The molecule has 1 aromatic heterocycles. The van der Waals surface area contributed by atoms with Crippen molar-refractivity contribution in [3.8, 4) is 11.6 Å². The van der Waals surface area contributed by atoms with Crippen LogP contribution < -0.4 is 10.5 Å². The first-order valence-electron chi connectivity index (χ1n) is 4.46. The zero-order valence-corrected chi connectivity index (χ0v) is 10.6. The van der Waals surface area contributed by atoms with E-state index in [1.165, 1.54) is 6.20 Å². The van der Waals surface area contributed by atoms with Gasteiger partial charge in [-0.1, -0.05) is 23.2 Å². The highest BCUT2D eigenvalue weighted by Crippen LogP contribution is 2.30. The van der Waals surface area contributed by atoms with Crippen LogP contribution in [0.5, 0.6) is 11.6 Å². The molecule has 2 rings (SSSR count). The minimum absolute atomic E-state index is 0.0438. The number of benzene rings is 1. The molecule has 0 atom stereocenters. The van der Waals surface area contributed by atoms with E-state index in [9.17, 15) is 0 Å². The lowest BCUT2D eigenvalue weighted by molar-refractivity contribution is 0.464. The van der Waals surface area contributed by atoms with Crippen LogP contribution in [0, 0.1) is 0 Å². The van der Waals surface area contributed by atoms with Crippen LogP contribution >= 0.6 is 34.8 Å². The van der Waals surface area contributed by atoms with Crippen molar-refractivity contribution in [1.82, 2.24) is 9.97 Å². The number of aromatic nitrogens is 2. The first-order valence-corrected chi connectivity index (χ1v) is 5.60. The van der Waals surface area contributed by atoms with Gasteiger partial charge in [0.15, 0.2) is 0 Å². The van der Waals surface area contributed by atoms with Gasteiger partial charge < -0.3 is 10.5 Å². The Hall–Kier alpha value is -1.23. The van der Waals surface area contributed by atoms with Crippen molar-refractivity contribution in [1.29, 1.82) is 0 Å². The first kappa shape index (κ1) is 12.2. The molecule has 17 heavy (non-hydrogen) atoms. The zero-order chi connectivity index (χ0) is 12.4. The fourth-order valence-electron chi connectivity index (χ4n) is 1.14. The van der Waals surface area contributed by atoms with E-state index in [1.54, 1.807) is 18.2 Å². The van der Waals surface area contributed by atoms with Gasteiger partial charge in [-0.2, -0.15) is 4.98 Å². The van der Waals surface area contributed by atoms with E-state index in [-0.39, 0.29) is 16.9 Å². The molecule has 0 fully saturated rings. The van der Waals surface area contributed by atoms with Crippen molar-refractivity contribution < 1.29 is 4.74 Å². The number of rotatable bonds is 2. The van der Waals surface area contributed by atoms with Crippen molar-refractivity contribution in [2.45, 2.75) is 0 Å². The van der Waals surface area contributed by atoms with Gasteiger partial charge in [0.1, 0.15) is 11.4 Å². The fraction of sp³-hybridized carbons (Fsp3) is 0. The number of hydrogen-bond donors (Lipinski definition) is 1. The molecule has 1 aromatic carbocycles. The third-order valence-corrected chi connectivity index (χ3v) is 2.42. The number of nitrogen functional groups attached to an aromatic ring is 1. The summed E-state index contributed by atoms with van der Waals surface area (Å²) in [6.07, 6.45) is 1.36. The van der Waals surface area contributed by atoms with Gasteiger partial charge in [-0.25, -0.2) is 4.98 Å². The van der Waals surface area contributed by atoms with Crippen LogP contribution in [0.2, 0.25) is 15.3 Å². The lowest BCUT2D eigenvalue weighted by atomic mass is 10.3. The molecule has 88 valence electrons. The SMILES string of the molecule is Nc1cnc(Cl)nc1Oc1cc(Cl)cc(Cl)c1. The maximum atomic E-state index is 5.83. The van der Waals surface area contributed by atoms with E-state index < -0.39 is 0 Å². The molecule has 2 N–H and O–H groups in total. The van der Waals surface area contributed by atoms with Gasteiger partial charge in [0.25, 0.3) is 0 Å². The van der Waals surface area contributed by atoms with Crippen LogP contribution in [0.4, 0.5) is 5.69 Å². The zero-order valence-electron chi connectivity index (χ0n) is 8.32. The summed E-state index contributed by atoms with van der Waals surface area (Å²) in [5.74, 6) is 0.576. The third kappa shape index (κ3) is 3.12. The highest BCUT2D eigenvalue weighted by atomic mass is 35.5. The number of halogens is 3. The van der Waals surface area contributed by atoms with E-state index in [0.29, 0.717) is 15.8 Å². The van der Waals surface area contributed by atoms with Gasteiger partial charge in [-0.3, -0.25) is 0 Å². The van der Waals surface area contributed by atoms with Crippen LogP contribution in [0.3, 0.4) is 0 Å². The molecular weight excluding hydrogens is 284 g/mol. The number of anilines is 1. The average Bonchev–Trinajstić information content (AvgIpc) is 2.22. The summed E-state index contributed by atoms with van der Waals surface area (Å²) in [5.41, 5.74) is 5.91. The summed E-state index contributed by atoms with van der Waals surface area (Å²) in [7, 11) is 0. The van der Waals surface area contributed by atoms with Crippen molar-refractivity contribution in [3.05, 3.63) is 39.7 Å². The fourth-order valence-corrected chi connectivity index (χ4v) is 1.77. The lowest BCUT2D eigenvalue weighted by Crippen LogP contribution is -1.97. The average molecular weight is 291 g/mol. The van der Waals surface area contributed by atoms with Crippen LogP contribution in [-0.4, -0.2) is 9.97 Å². The monoisotopic (exact) mass is 289 g/mol. The Bertz CT molecular complexity index is 542. The molecule has 0 saturated carbocycles. The predicted octanol–water partition coefficient (Wildman–Crippen LogP) is 3.81. The molecule has 0 spiro atoms. The van der Waals surface area contributed by atoms with E-state index in [1.807, 2.05) is 0 Å². The van der Waals surface area contributed by atoms with Crippen LogP contribution in [-0.2, 0) is 0 Å². The molecule has 0 amide bonds. The summed E-state index contributed by atoms with van der Waals surface area (Å²) < 4.78 is 5.42. The quantitative estimate of drug-likeness (QED) is 0.854. The Morgan fingerprint density at radius 1 is 1.06 bits per heavy atom. The van der Waals surface area contributed by atoms with Gasteiger partial charge in [0, 0.05) is 10.0 Å². The highest BCUT2D eigenvalue weighted by Gasteiger charge is 2.07. The van der Waals surface area contributed by atoms with Crippen LogP contribution in [0.15, 0.2) is 24.4 Å². The van der Waals surface area contributed by atoms with Crippen LogP contribution in [0.25, 0.3) is 0 Å². The third-order valence-electron chi connectivity index (χ3n) is 1.80. The minimum Gasteiger partial charge on any atom is -0.437 e. The molecule has 0 aliphatic rings. The van der Waals surface area contributed by atoms with Crippen LogP contribution in [0.1, 0.15) is 0 Å². The van der Waals surface area contributed by atoms with Gasteiger partial charge in [0.05, 0.1) is 6.20 Å². The topological polar surface area (TPSA) is 61.0 Å². The standard InChI is InChI=1S/C10H6Cl3N3O/c11-5-1-6(12)3-7(2-5)17-9-8(14)4-15-10(13)16-9/h1-4H,14H2. The Balaban J connectivity index is 2.34. The van der Waals surface area contributed by atoms with Gasteiger partial charge >= 0.3 is 0 Å². The Morgan fingerprint density at radius 3 is 2.35 bits per heavy atom. The molecule has 0 unspecified atom stereocenters. The normalized spacial score (nSPS) is 10.3. The summed E-state index contributed by atoms with van der Waals surface area (Å²) >= 11 is 17.3. The second-order valence-corrected chi connectivity index (χ2v) is 4.32. The van der Waals surface area contributed by atoms with Gasteiger partial charge in [-0.15, -0.1) is 0 Å². The van der Waals surface area contributed by atoms with Crippen molar-refractivity contribution in [2.24, 2.45) is 0 Å². The van der Waals surface area contributed by atoms with Crippen molar-refractivity contribution >= 4 is 40.5 Å². The Kier molecular flexibility index (Phi) is 3.57. The Labute approximate surface area is 112 Å². The van der Waals surface area contributed by atoms with E-state index in [4.69, 9.17) is 45.3 Å². The van der Waals surface area contributed by atoms with Gasteiger partial charge in [0.2, 0.25) is 11.2 Å². The number of hydrogen-bond acceptors (Lipinski definition) is 4. The number of ether oxygens (including phenoxy) is 1. The molecule has 0 saturated heterocycles. The molecule has 0 bridgehead atoms. The number of nitrogens with two attached hydrogens (primary N) is 1. The van der Waals surface area contributed by atoms with E-state index >= 15 is 0 Å². The summed E-state index contributed by atoms with van der Waals surface area (Å²) in [6.45, 7) is 0. The minimum atomic E-state index is 0.0438. The molecule has 2 aromatic rings. The highest BCUT2D eigenvalue weighted by molar-refractivity contribution is 6.34. The van der Waals surface area contributed by atoms with E-state index in [2.05, 4.69) is 9.97 Å². The number of nitrogens with zero attached hydrogens (tertiary/aromatic N) is 2. The van der Waals surface area contributed by atoms with Crippen molar-refractivity contribution in [2.75, 3.05) is 5.73 Å². The summed E-state index contributed by atoms with van der Waals surface area (Å²) in [6, 6.07) is 4.76. The summed E-state index contributed by atoms with van der Waals surface area (Å²) in [4.78, 5) is 7.56. The lowest BCUT2D eigenvalue weighted by Gasteiger charge is -2.07. The maximum absolute atomic E-state index is 5.83. The second kappa shape index (κ2) is 4.96. The molecule has 7 heteroatoms. The van der Waals surface area contributed by atoms with Gasteiger partial charge in [-0.05, 0) is 29.8 Å². The molecular formula is C10H6Cl3N3O. The smallest absolute Gasteiger partial charge is 0.247 e. The molecule has 0 aliphatic carbocycles. The van der Waals surface area contributed by atoms with Crippen molar-refractivity contribution in [3.63, 3.8) is 0 Å². The maximum Gasteiger partial charge on any atom is 0.247 e. The first-order chi connectivity index (χ1) is 8.04. The molecule has 1 heterocycles. The molecule has 0 aliphatic heterocycles. The second-order valence-electron chi connectivity index (χ2n) is 3.11. The Morgan fingerprint density at radius 2 is 1.71 bits per heavy atom. The largest absolute Gasteiger partial charge is 0.437 e. The molecule has 0 radical (unpaired) electrons. The predicted molar refractivity (Wildman–Crippen MR) is 68.0 cm³/mol. The molecule has 4 nitrogen and oxygen atoms in total. The van der Waals surface area contributed by atoms with E-state index in [0.717, 1.165) is 0 Å². The summed E-state index contributed by atoms with van der Waals surface area (Å²) in [5, 5.41) is 0.944.